The molecular formula is C21H19N3O3. The Labute approximate surface area is 156 Å². The highest BCUT2D eigenvalue weighted by atomic mass is 16.4. The van der Waals surface area contributed by atoms with E-state index >= 15 is 0 Å². The molecule has 136 valence electrons. The Morgan fingerprint density at radius 1 is 1.19 bits per heavy atom. The number of Topliss-reactive ketones (excluding diaryl/α,β-unsaturated/α-hetero) is 1. The summed E-state index contributed by atoms with van der Waals surface area (Å²) < 4.78 is 0. The van der Waals surface area contributed by atoms with Crippen molar-refractivity contribution in [1.29, 1.82) is 0 Å². The van der Waals surface area contributed by atoms with Gasteiger partial charge in [0.1, 0.15) is 5.65 Å². The molecule has 1 aliphatic rings. The molecule has 0 saturated heterocycles. The third-order valence-electron chi connectivity index (χ3n) is 4.98. The molecule has 1 aliphatic heterocycles. The fraction of sp³-hybridized carbons (Fsp3) is 0.190. The fourth-order valence-corrected chi connectivity index (χ4v) is 3.41. The summed E-state index contributed by atoms with van der Waals surface area (Å²) in [4.78, 5) is 31.7. The average molecular weight is 361 g/mol. The Bertz CT molecular complexity index is 1060. The molecule has 6 heteroatoms. The van der Waals surface area contributed by atoms with Crippen molar-refractivity contribution >= 4 is 28.5 Å². The van der Waals surface area contributed by atoms with Gasteiger partial charge in [-0.15, -0.1) is 0 Å². The maximum atomic E-state index is 11.5. The van der Waals surface area contributed by atoms with Gasteiger partial charge in [-0.25, -0.2) is 9.78 Å². The molecule has 0 unspecified atom stereocenters. The molecule has 0 fully saturated rings. The molecule has 3 heterocycles. The number of hydrogen-bond donors (Lipinski definition) is 2. The van der Waals surface area contributed by atoms with Gasteiger partial charge in [0.15, 0.2) is 5.78 Å². The number of carboxylic acid groups (broad SMARTS) is 1. The number of pyridine rings is 1. The van der Waals surface area contributed by atoms with E-state index in [2.05, 4.69) is 16.0 Å². The van der Waals surface area contributed by atoms with E-state index in [1.807, 2.05) is 42.7 Å². The van der Waals surface area contributed by atoms with Crippen LogP contribution < -0.4 is 0 Å². The second-order valence-electron chi connectivity index (χ2n) is 6.66. The zero-order chi connectivity index (χ0) is 19.0. The van der Waals surface area contributed by atoms with E-state index in [-0.39, 0.29) is 5.78 Å². The van der Waals surface area contributed by atoms with Crippen LogP contribution in [0.3, 0.4) is 0 Å². The smallest absolute Gasteiger partial charge is 0.407 e. The lowest BCUT2D eigenvalue weighted by Gasteiger charge is -2.23. The van der Waals surface area contributed by atoms with Gasteiger partial charge in [0.2, 0.25) is 0 Å². The van der Waals surface area contributed by atoms with Gasteiger partial charge in [-0.3, -0.25) is 4.79 Å². The zero-order valence-corrected chi connectivity index (χ0v) is 14.9. The molecule has 0 aliphatic carbocycles. The number of rotatable bonds is 3. The topological polar surface area (TPSA) is 86.3 Å². The summed E-state index contributed by atoms with van der Waals surface area (Å²) in [5.74, 6) is 0.0442. The van der Waals surface area contributed by atoms with Gasteiger partial charge >= 0.3 is 6.09 Å². The average Bonchev–Trinajstić information content (AvgIpc) is 3.11. The van der Waals surface area contributed by atoms with Gasteiger partial charge in [0, 0.05) is 47.6 Å². The molecule has 2 N–H and O–H groups in total. The number of H-pyrrole nitrogens is 1. The summed E-state index contributed by atoms with van der Waals surface area (Å²) in [5, 5.41) is 10.1. The molecule has 0 bridgehead atoms. The number of carbonyl (C=O) groups excluding carboxylic acids is 1. The van der Waals surface area contributed by atoms with E-state index in [0.29, 0.717) is 25.1 Å². The summed E-state index contributed by atoms with van der Waals surface area (Å²) in [6.45, 7) is 2.45. The predicted octanol–water partition coefficient (Wildman–Crippen LogP) is 4.20. The number of fused-ring (bicyclic) bond motifs is 1. The quantitative estimate of drug-likeness (QED) is 0.685. The summed E-state index contributed by atoms with van der Waals surface area (Å²) in [6, 6.07) is 9.59. The van der Waals surface area contributed by atoms with E-state index in [1.54, 1.807) is 6.92 Å². The lowest BCUT2D eigenvalue weighted by atomic mass is 9.98. The number of aromatic amines is 1. The number of amides is 1. The van der Waals surface area contributed by atoms with E-state index in [4.69, 9.17) is 5.11 Å². The highest BCUT2D eigenvalue weighted by molar-refractivity contribution is 5.95. The summed E-state index contributed by atoms with van der Waals surface area (Å²) in [7, 11) is 0. The molecule has 0 saturated carbocycles. The van der Waals surface area contributed by atoms with Crippen LogP contribution in [0.5, 0.6) is 0 Å². The summed E-state index contributed by atoms with van der Waals surface area (Å²) in [6.07, 6.45) is 5.50. The van der Waals surface area contributed by atoms with Crippen LogP contribution in [0, 0.1) is 0 Å². The molecule has 4 rings (SSSR count). The molecule has 1 aromatic carbocycles. The SMILES string of the molecule is CC(=O)c1ccc(-c2cnc3[nH]cc(C4=CCN(C(=O)O)CC4)c3c2)cc1. The molecule has 6 nitrogen and oxygen atoms in total. The van der Waals surface area contributed by atoms with Crippen LogP contribution >= 0.6 is 0 Å². The molecule has 27 heavy (non-hydrogen) atoms. The molecule has 0 radical (unpaired) electrons. The first-order chi connectivity index (χ1) is 13.0. The molecule has 0 spiro atoms. The third kappa shape index (κ3) is 3.21. The first kappa shape index (κ1) is 17.0. The number of benzene rings is 1. The van der Waals surface area contributed by atoms with Gasteiger partial charge in [-0.1, -0.05) is 30.3 Å². The maximum absolute atomic E-state index is 11.5. The maximum Gasteiger partial charge on any atom is 0.407 e. The minimum atomic E-state index is -0.887. The van der Waals surface area contributed by atoms with Crippen molar-refractivity contribution in [3.8, 4) is 11.1 Å². The first-order valence-electron chi connectivity index (χ1n) is 8.78. The van der Waals surface area contributed by atoms with Crippen LogP contribution in [0.25, 0.3) is 27.7 Å². The second-order valence-corrected chi connectivity index (χ2v) is 6.66. The van der Waals surface area contributed by atoms with Gasteiger partial charge in [0.05, 0.1) is 0 Å². The zero-order valence-electron chi connectivity index (χ0n) is 14.9. The van der Waals surface area contributed by atoms with Crippen molar-refractivity contribution in [3.05, 3.63) is 59.9 Å². The number of nitrogens with zero attached hydrogens (tertiary/aromatic N) is 2. The standard InChI is InChI=1S/C21H19N3O3/c1-13(25)14-2-4-15(5-3-14)17-10-18-19(12-23-20(18)22-11-17)16-6-8-24(9-7-16)21(26)27/h2-6,10-12H,7-9H2,1H3,(H,22,23)(H,26,27). The highest BCUT2D eigenvalue weighted by Gasteiger charge is 2.19. The Kier molecular flexibility index (Phi) is 4.24. The predicted molar refractivity (Wildman–Crippen MR) is 104 cm³/mol. The highest BCUT2D eigenvalue weighted by Crippen LogP contribution is 2.31. The first-order valence-corrected chi connectivity index (χ1v) is 8.78. The number of hydrogen-bond acceptors (Lipinski definition) is 3. The van der Waals surface area contributed by atoms with Crippen molar-refractivity contribution in [3.63, 3.8) is 0 Å². The minimum absolute atomic E-state index is 0.0442. The number of carbonyl (C=O) groups is 2. The molecule has 2 aromatic heterocycles. The molecule has 1 amide bonds. The molecular weight excluding hydrogens is 342 g/mol. The summed E-state index contributed by atoms with van der Waals surface area (Å²) >= 11 is 0. The largest absolute Gasteiger partial charge is 0.465 e. The molecule has 3 aromatic rings. The Morgan fingerprint density at radius 3 is 2.59 bits per heavy atom. The molecule has 0 atom stereocenters. The third-order valence-corrected chi connectivity index (χ3v) is 4.98. The second kappa shape index (κ2) is 6.72. The van der Waals surface area contributed by atoms with Crippen molar-refractivity contribution in [2.45, 2.75) is 13.3 Å². The van der Waals surface area contributed by atoms with Crippen LogP contribution in [-0.2, 0) is 0 Å². The van der Waals surface area contributed by atoms with E-state index < -0.39 is 6.09 Å². The fourth-order valence-electron chi connectivity index (χ4n) is 3.41. The number of nitrogens with one attached hydrogen (secondary N) is 1. The lowest BCUT2D eigenvalue weighted by Crippen LogP contribution is -2.33. The van der Waals surface area contributed by atoms with E-state index in [9.17, 15) is 9.59 Å². The van der Waals surface area contributed by atoms with Crippen LogP contribution in [-0.4, -0.2) is 44.9 Å². The van der Waals surface area contributed by atoms with Crippen LogP contribution in [0.1, 0.15) is 29.3 Å². The number of aromatic nitrogens is 2. The number of ketones is 1. The van der Waals surface area contributed by atoms with Crippen molar-refractivity contribution < 1.29 is 14.7 Å². The van der Waals surface area contributed by atoms with Gasteiger partial charge in [0.25, 0.3) is 0 Å². The van der Waals surface area contributed by atoms with Crippen LogP contribution in [0.2, 0.25) is 0 Å². The van der Waals surface area contributed by atoms with Crippen LogP contribution in [0.4, 0.5) is 4.79 Å². The van der Waals surface area contributed by atoms with E-state index in [0.717, 1.165) is 33.3 Å². The van der Waals surface area contributed by atoms with Crippen molar-refractivity contribution in [1.82, 2.24) is 14.9 Å². The monoisotopic (exact) mass is 361 g/mol. The lowest BCUT2D eigenvalue weighted by molar-refractivity contribution is 0.101. The van der Waals surface area contributed by atoms with Crippen molar-refractivity contribution in [2.75, 3.05) is 13.1 Å². The summed E-state index contributed by atoms with van der Waals surface area (Å²) in [5.41, 5.74) is 5.65. The van der Waals surface area contributed by atoms with E-state index in [1.165, 1.54) is 4.90 Å². The minimum Gasteiger partial charge on any atom is -0.465 e. The Morgan fingerprint density at radius 2 is 1.96 bits per heavy atom. The van der Waals surface area contributed by atoms with Crippen LogP contribution in [0.15, 0.2) is 48.8 Å². The van der Waals surface area contributed by atoms with Gasteiger partial charge < -0.3 is 15.0 Å². The normalized spacial score (nSPS) is 14.3. The van der Waals surface area contributed by atoms with Gasteiger partial charge in [-0.05, 0) is 30.5 Å². The van der Waals surface area contributed by atoms with Gasteiger partial charge in [-0.2, -0.15) is 0 Å². The Balaban J connectivity index is 1.69. The van der Waals surface area contributed by atoms with Crippen molar-refractivity contribution in [2.24, 2.45) is 0 Å². The Hall–Kier alpha value is -3.41.